The summed E-state index contributed by atoms with van der Waals surface area (Å²) in [6.45, 7) is 4.84. The maximum absolute atomic E-state index is 13.1. The van der Waals surface area contributed by atoms with Crippen LogP contribution in [0.2, 0.25) is 0 Å². The van der Waals surface area contributed by atoms with Crippen LogP contribution in [-0.4, -0.2) is 33.1 Å². The molecule has 2 aromatic heterocycles. The van der Waals surface area contributed by atoms with E-state index in [1.165, 1.54) is 23.9 Å². The van der Waals surface area contributed by atoms with Gasteiger partial charge in [0.15, 0.2) is 17.3 Å². The Hall–Kier alpha value is -3.59. The summed E-state index contributed by atoms with van der Waals surface area (Å²) in [4.78, 5) is 12.9. The molecule has 4 aromatic rings. The van der Waals surface area contributed by atoms with Crippen LogP contribution in [0.5, 0.6) is 11.5 Å². The molecule has 0 unspecified atom stereocenters. The zero-order valence-electron chi connectivity index (χ0n) is 18.7. The molecule has 0 aliphatic carbocycles. The summed E-state index contributed by atoms with van der Waals surface area (Å²) in [6.07, 6.45) is 0.754. The van der Waals surface area contributed by atoms with Crippen LogP contribution in [0.25, 0.3) is 11.5 Å². The van der Waals surface area contributed by atoms with Crippen molar-refractivity contribution in [3.05, 3.63) is 76.9 Å². The largest absolute Gasteiger partial charge is 0.454 e. The highest BCUT2D eigenvalue weighted by molar-refractivity contribution is 7.99. The van der Waals surface area contributed by atoms with Crippen LogP contribution < -0.4 is 9.47 Å². The smallest absolute Gasteiger partial charge is 0.277 e. The van der Waals surface area contributed by atoms with Gasteiger partial charge in [0.1, 0.15) is 5.82 Å². The Morgan fingerprint density at radius 3 is 2.68 bits per heavy atom. The number of ether oxygens (including phenoxy) is 2. The van der Waals surface area contributed by atoms with Gasteiger partial charge in [-0.1, -0.05) is 23.9 Å². The van der Waals surface area contributed by atoms with E-state index in [0.717, 1.165) is 28.9 Å². The molecule has 0 atom stereocenters. The van der Waals surface area contributed by atoms with Crippen molar-refractivity contribution in [2.75, 3.05) is 12.5 Å². The molecule has 5 rings (SSSR count). The Morgan fingerprint density at radius 1 is 1.06 bits per heavy atom. The minimum atomic E-state index is -0.244. The third-order valence-corrected chi connectivity index (χ3v) is 6.58. The topological polar surface area (TPSA) is 79.4 Å². The van der Waals surface area contributed by atoms with Crippen LogP contribution in [0.15, 0.2) is 58.2 Å². The summed E-state index contributed by atoms with van der Waals surface area (Å²) < 4.78 is 31.7. The molecule has 174 valence electrons. The second-order valence-corrected chi connectivity index (χ2v) is 8.89. The number of ketones is 1. The number of fused-ring (bicyclic) bond motifs is 1. The average Bonchev–Trinajstić information content (AvgIpc) is 3.56. The van der Waals surface area contributed by atoms with Crippen molar-refractivity contribution >= 4 is 17.5 Å². The maximum atomic E-state index is 13.1. The lowest BCUT2D eigenvalue weighted by Crippen LogP contribution is -2.08. The van der Waals surface area contributed by atoms with Gasteiger partial charge >= 0.3 is 0 Å². The standard InChI is InChI=1S/C25H22FN3O4S/c1-15-11-20(16(2)29(15)10-9-17-3-6-19(26)7-4-17)21(30)13-34-25-28-27-24(33-25)18-5-8-22-23(12-18)32-14-31-22/h3-8,11-12H,9-10,13-14H2,1-2H3. The fourth-order valence-electron chi connectivity index (χ4n) is 3.94. The molecule has 0 amide bonds. The van der Waals surface area contributed by atoms with Crippen molar-refractivity contribution in [1.82, 2.24) is 14.8 Å². The SMILES string of the molecule is Cc1cc(C(=O)CSc2nnc(-c3ccc4c(c3)OCO4)o2)c(C)n1CCc1ccc(F)cc1. The highest BCUT2D eigenvalue weighted by atomic mass is 32.2. The van der Waals surface area contributed by atoms with Gasteiger partial charge < -0.3 is 18.5 Å². The molecule has 2 aromatic carbocycles. The molecule has 1 aliphatic heterocycles. The number of hydrogen-bond donors (Lipinski definition) is 0. The molecule has 0 fully saturated rings. The summed E-state index contributed by atoms with van der Waals surface area (Å²) in [7, 11) is 0. The number of rotatable bonds is 8. The number of carbonyl (C=O) groups excluding carboxylic acids is 1. The Balaban J connectivity index is 1.22. The zero-order chi connectivity index (χ0) is 23.7. The van der Waals surface area contributed by atoms with Crippen LogP contribution in [0.1, 0.15) is 27.3 Å². The van der Waals surface area contributed by atoms with E-state index in [1.807, 2.05) is 26.0 Å². The van der Waals surface area contributed by atoms with Gasteiger partial charge in [-0.25, -0.2) is 4.39 Å². The van der Waals surface area contributed by atoms with E-state index in [4.69, 9.17) is 13.9 Å². The lowest BCUT2D eigenvalue weighted by Gasteiger charge is -2.10. The van der Waals surface area contributed by atoms with E-state index in [2.05, 4.69) is 14.8 Å². The van der Waals surface area contributed by atoms with Crippen molar-refractivity contribution in [2.45, 2.75) is 32.0 Å². The monoisotopic (exact) mass is 479 g/mol. The van der Waals surface area contributed by atoms with Crippen molar-refractivity contribution in [2.24, 2.45) is 0 Å². The van der Waals surface area contributed by atoms with Gasteiger partial charge in [-0.3, -0.25) is 4.79 Å². The van der Waals surface area contributed by atoms with E-state index >= 15 is 0 Å². The molecule has 34 heavy (non-hydrogen) atoms. The Kier molecular flexibility index (Phi) is 6.10. The van der Waals surface area contributed by atoms with Gasteiger partial charge in [-0.2, -0.15) is 0 Å². The molecular formula is C25H22FN3O4S. The Bertz CT molecular complexity index is 1350. The Labute approximate surface area is 199 Å². The molecule has 0 N–H and O–H groups in total. The molecule has 1 aliphatic rings. The average molecular weight is 480 g/mol. The van der Waals surface area contributed by atoms with Crippen LogP contribution in [-0.2, 0) is 13.0 Å². The first kappa shape index (κ1) is 22.2. The normalized spacial score (nSPS) is 12.3. The van der Waals surface area contributed by atoms with E-state index in [1.54, 1.807) is 24.3 Å². The second kappa shape index (κ2) is 9.34. The van der Waals surface area contributed by atoms with Crippen molar-refractivity contribution in [3.8, 4) is 23.0 Å². The van der Waals surface area contributed by atoms with Gasteiger partial charge in [-0.05, 0) is 62.2 Å². The molecule has 0 bridgehead atoms. The second-order valence-electron chi connectivity index (χ2n) is 7.97. The number of nitrogens with zero attached hydrogens (tertiary/aromatic N) is 3. The third kappa shape index (κ3) is 4.56. The Morgan fingerprint density at radius 2 is 1.85 bits per heavy atom. The van der Waals surface area contributed by atoms with E-state index in [-0.39, 0.29) is 24.1 Å². The molecule has 0 saturated carbocycles. The van der Waals surface area contributed by atoms with Crippen LogP contribution in [0.4, 0.5) is 4.39 Å². The predicted octanol–water partition coefficient (Wildman–Crippen LogP) is 5.24. The number of thioether (sulfide) groups is 1. The van der Waals surface area contributed by atoms with E-state index < -0.39 is 0 Å². The number of benzene rings is 2. The van der Waals surface area contributed by atoms with Crippen molar-refractivity contribution < 1.29 is 23.1 Å². The highest BCUT2D eigenvalue weighted by Crippen LogP contribution is 2.36. The lowest BCUT2D eigenvalue weighted by atomic mass is 10.1. The number of halogens is 1. The maximum Gasteiger partial charge on any atom is 0.277 e. The predicted molar refractivity (Wildman–Crippen MR) is 125 cm³/mol. The molecule has 0 spiro atoms. The molecular weight excluding hydrogens is 457 g/mol. The van der Waals surface area contributed by atoms with Gasteiger partial charge in [0.2, 0.25) is 12.7 Å². The first-order valence-corrected chi connectivity index (χ1v) is 11.8. The number of aryl methyl sites for hydroxylation is 2. The van der Waals surface area contributed by atoms with Crippen LogP contribution >= 0.6 is 11.8 Å². The summed E-state index contributed by atoms with van der Waals surface area (Å²) in [5.74, 6) is 1.60. The van der Waals surface area contributed by atoms with Crippen LogP contribution in [0.3, 0.4) is 0 Å². The highest BCUT2D eigenvalue weighted by Gasteiger charge is 2.19. The van der Waals surface area contributed by atoms with Gasteiger partial charge in [0.25, 0.3) is 5.22 Å². The molecule has 0 radical (unpaired) electrons. The zero-order valence-corrected chi connectivity index (χ0v) is 19.5. The molecule has 9 heteroatoms. The summed E-state index contributed by atoms with van der Waals surface area (Å²) in [5, 5.41) is 8.47. The fraction of sp³-hybridized carbons (Fsp3) is 0.240. The van der Waals surface area contributed by atoms with E-state index in [0.29, 0.717) is 34.7 Å². The summed E-state index contributed by atoms with van der Waals surface area (Å²) >= 11 is 1.21. The summed E-state index contributed by atoms with van der Waals surface area (Å²) in [5.41, 5.74) is 4.37. The number of carbonyl (C=O) groups is 1. The number of hydrogen-bond acceptors (Lipinski definition) is 7. The minimum Gasteiger partial charge on any atom is -0.454 e. The van der Waals surface area contributed by atoms with Gasteiger partial charge in [0.05, 0.1) is 5.75 Å². The first-order valence-electron chi connectivity index (χ1n) is 10.8. The number of aromatic nitrogens is 3. The lowest BCUT2D eigenvalue weighted by molar-refractivity contribution is 0.102. The third-order valence-electron chi connectivity index (χ3n) is 5.76. The minimum absolute atomic E-state index is 0.00559. The van der Waals surface area contributed by atoms with Crippen LogP contribution in [0, 0.1) is 19.7 Å². The van der Waals surface area contributed by atoms with Crippen molar-refractivity contribution in [1.29, 1.82) is 0 Å². The first-order chi connectivity index (χ1) is 16.5. The summed E-state index contributed by atoms with van der Waals surface area (Å²) in [6, 6.07) is 13.8. The van der Waals surface area contributed by atoms with Crippen molar-refractivity contribution in [3.63, 3.8) is 0 Å². The fourth-order valence-corrected chi connectivity index (χ4v) is 4.59. The quantitative estimate of drug-likeness (QED) is 0.253. The van der Waals surface area contributed by atoms with E-state index in [9.17, 15) is 9.18 Å². The van der Waals surface area contributed by atoms with Gasteiger partial charge in [-0.15, -0.1) is 10.2 Å². The number of Topliss-reactive ketones (excluding diaryl/α,β-unsaturated/α-hetero) is 1. The van der Waals surface area contributed by atoms with Gasteiger partial charge in [0, 0.05) is 29.1 Å². The molecule has 7 nitrogen and oxygen atoms in total. The molecule has 0 saturated heterocycles. The molecule has 3 heterocycles.